The van der Waals surface area contributed by atoms with E-state index in [4.69, 9.17) is 18.9 Å². The summed E-state index contributed by atoms with van der Waals surface area (Å²) in [4.78, 5) is 48.5. The van der Waals surface area contributed by atoms with E-state index in [9.17, 15) is 24.3 Å². The van der Waals surface area contributed by atoms with E-state index in [2.05, 4.69) is 13.0 Å². The first kappa shape index (κ1) is 28.6. The summed E-state index contributed by atoms with van der Waals surface area (Å²) in [6.45, 7) is 11.2. The van der Waals surface area contributed by atoms with Crippen LogP contribution in [0, 0.1) is 28.6 Å². The Bertz CT molecular complexity index is 1040. The maximum atomic E-state index is 12.7. The van der Waals surface area contributed by atoms with Crippen molar-refractivity contribution in [3.05, 3.63) is 11.6 Å². The number of carbonyl (C=O) groups is 4. The Labute approximate surface area is 224 Å². The van der Waals surface area contributed by atoms with Crippen molar-refractivity contribution in [1.29, 1.82) is 0 Å². The van der Waals surface area contributed by atoms with Crippen LogP contribution in [-0.4, -0.2) is 59.0 Å². The fourth-order valence-electron chi connectivity index (χ4n) is 8.78. The highest BCUT2D eigenvalue weighted by Crippen LogP contribution is 2.69. The summed E-state index contributed by atoms with van der Waals surface area (Å²) in [5, 5.41) is 12.7. The van der Waals surface area contributed by atoms with E-state index in [0.717, 1.165) is 5.57 Å². The predicted molar refractivity (Wildman–Crippen MR) is 135 cm³/mol. The van der Waals surface area contributed by atoms with Gasteiger partial charge in [-0.05, 0) is 50.4 Å². The summed E-state index contributed by atoms with van der Waals surface area (Å²) >= 11 is 0. The summed E-state index contributed by atoms with van der Waals surface area (Å²) in [7, 11) is 0. The SMILES string of the molecule is CC(=O)O[C@H]1CC[C@@]2(C)C(=CC[C@@H]3[C@@H]2[C@H](OC(C)=O)[C@@H](OC(C)=O)[C@]2(C)[C@@H]([C@@H](C)OC(C)=O)CC[C@]32O)C1. The van der Waals surface area contributed by atoms with Gasteiger partial charge in [0.25, 0.3) is 0 Å². The van der Waals surface area contributed by atoms with Crippen molar-refractivity contribution in [2.45, 2.75) is 117 Å². The van der Waals surface area contributed by atoms with E-state index in [-0.39, 0.29) is 29.8 Å². The molecule has 9 heteroatoms. The van der Waals surface area contributed by atoms with Gasteiger partial charge in [0.1, 0.15) is 24.4 Å². The van der Waals surface area contributed by atoms with Crippen LogP contribution < -0.4 is 0 Å². The van der Waals surface area contributed by atoms with Gasteiger partial charge in [-0.25, -0.2) is 0 Å². The molecule has 212 valence electrons. The van der Waals surface area contributed by atoms with Crippen LogP contribution in [0.15, 0.2) is 11.6 Å². The lowest BCUT2D eigenvalue weighted by atomic mass is 9.43. The second-order valence-corrected chi connectivity index (χ2v) is 12.3. The number of hydrogen-bond acceptors (Lipinski definition) is 9. The van der Waals surface area contributed by atoms with Gasteiger partial charge in [0.2, 0.25) is 0 Å². The van der Waals surface area contributed by atoms with Gasteiger partial charge in [-0.15, -0.1) is 0 Å². The minimum atomic E-state index is -1.26. The molecule has 3 saturated carbocycles. The number of aliphatic hydroxyl groups is 1. The maximum Gasteiger partial charge on any atom is 0.303 e. The molecule has 0 heterocycles. The first-order chi connectivity index (χ1) is 17.6. The summed E-state index contributed by atoms with van der Waals surface area (Å²) < 4.78 is 23.2. The Hall–Kier alpha value is -2.42. The van der Waals surface area contributed by atoms with Gasteiger partial charge in [-0.2, -0.15) is 0 Å². The third-order valence-electron chi connectivity index (χ3n) is 10.2. The van der Waals surface area contributed by atoms with E-state index in [0.29, 0.717) is 38.5 Å². The molecule has 0 saturated heterocycles. The lowest BCUT2D eigenvalue weighted by molar-refractivity contribution is -0.280. The van der Waals surface area contributed by atoms with Crippen molar-refractivity contribution < 1.29 is 43.2 Å². The standard InChI is InChI=1S/C29H42O9/c1-15(35-16(2)30)22-11-13-29(34)23-9-8-20-14-21(36-17(3)31)10-12-27(20,6)24(23)25(37-18(4)32)26(28(22,29)7)38-19(5)33/h8,15,21-26,34H,9-14H2,1-7H3/t15-,21+,22-,23-,24-,25+,26-,27+,28+,29+/m1/s1. The van der Waals surface area contributed by atoms with E-state index >= 15 is 0 Å². The van der Waals surface area contributed by atoms with Crippen LogP contribution in [0.25, 0.3) is 0 Å². The van der Waals surface area contributed by atoms with Crippen LogP contribution in [-0.2, 0) is 38.1 Å². The topological polar surface area (TPSA) is 125 Å². The molecule has 4 aliphatic rings. The molecule has 0 amide bonds. The van der Waals surface area contributed by atoms with Crippen molar-refractivity contribution in [3.63, 3.8) is 0 Å². The second-order valence-electron chi connectivity index (χ2n) is 12.3. The molecule has 0 aromatic rings. The van der Waals surface area contributed by atoms with E-state index in [1.54, 1.807) is 6.92 Å². The first-order valence-electron chi connectivity index (χ1n) is 13.8. The minimum Gasteiger partial charge on any atom is -0.463 e. The summed E-state index contributed by atoms with van der Waals surface area (Å²) in [6, 6.07) is 0. The van der Waals surface area contributed by atoms with Gasteiger partial charge in [-0.3, -0.25) is 19.2 Å². The third kappa shape index (κ3) is 4.44. The number of rotatable bonds is 5. The van der Waals surface area contributed by atoms with E-state index < -0.39 is 52.7 Å². The van der Waals surface area contributed by atoms with Crippen LogP contribution in [0.2, 0.25) is 0 Å². The molecular formula is C29H42O9. The number of allylic oxidation sites excluding steroid dienone is 1. The van der Waals surface area contributed by atoms with Gasteiger partial charge in [-0.1, -0.05) is 25.5 Å². The molecule has 0 aromatic carbocycles. The normalized spacial score (nSPS) is 42.4. The van der Waals surface area contributed by atoms with Gasteiger partial charge < -0.3 is 24.1 Å². The molecule has 4 rings (SSSR count). The lowest BCUT2D eigenvalue weighted by Gasteiger charge is -2.65. The average molecular weight is 535 g/mol. The van der Waals surface area contributed by atoms with Crippen LogP contribution in [0.3, 0.4) is 0 Å². The first-order valence-corrected chi connectivity index (χ1v) is 13.8. The van der Waals surface area contributed by atoms with Gasteiger partial charge in [0.15, 0.2) is 0 Å². The van der Waals surface area contributed by atoms with E-state index in [1.165, 1.54) is 27.7 Å². The number of hydrogen-bond donors (Lipinski definition) is 1. The summed E-state index contributed by atoms with van der Waals surface area (Å²) in [5.74, 6) is -2.69. The summed E-state index contributed by atoms with van der Waals surface area (Å²) in [5.41, 5.74) is -1.64. The van der Waals surface area contributed by atoms with Crippen LogP contribution in [0.4, 0.5) is 0 Å². The molecule has 0 bridgehead atoms. The van der Waals surface area contributed by atoms with Crippen LogP contribution in [0.5, 0.6) is 0 Å². The number of fused-ring (bicyclic) bond motifs is 5. The van der Waals surface area contributed by atoms with Crippen LogP contribution in [0.1, 0.15) is 87.0 Å². The van der Waals surface area contributed by atoms with Crippen molar-refractivity contribution in [3.8, 4) is 0 Å². The molecule has 1 N–H and O–H groups in total. The molecule has 3 fully saturated rings. The lowest BCUT2D eigenvalue weighted by Crippen LogP contribution is -2.72. The van der Waals surface area contributed by atoms with Gasteiger partial charge in [0, 0.05) is 51.4 Å². The fourth-order valence-corrected chi connectivity index (χ4v) is 8.78. The molecule has 0 unspecified atom stereocenters. The zero-order chi connectivity index (χ0) is 28.2. The Balaban J connectivity index is 1.85. The molecular weight excluding hydrogens is 492 g/mol. The van der Waals surface area contributed by atoms with Crippen molar-refractivity contribution in [2.24, 2.45) is 28.6 Å². The predicted octanol–water partition coefficient (Wildman–Crippen LogP) is 3.65. The molecule has 38 heavy (non-hydrogen) atoms. The van der Waals surface area contributed by atoms with Gasteiger partial charge >= 0.3 is 23.9 Å². The Kier molecular flexibility index (Phi) is 7.49. The highest BCUT2D eigenvalue weighted by Gasteiger charge is 2.75. The molecule has 0 radical (unpaired) electrons. The number of ether oxygens (including phenoxy) is 4. The highest BCUT2D eigenvalue weighted by atomic mass is 16.6. The zero-order valence-electron chi connectivity index (χ0n) is 23.6. The number of esters is 4. The summed E-state index contributed by atoms with van der Waals surface area (Å²) in [6.07, 6.45) is 3.10. The molecule has 10 atom stereocenters. The van der Waals surface area contributed by atoms with E-state index in [1.807, 2.05) is 6.92 Å². The Morgan fingerprint density at radius 2 is 1.55 bits per heavy atom. The second kappa shape index (κ2) is 9.96. The smallest absolute Gasteiger partial charge is 0.303 e. The minimum absolute atomic E-state index is 0.225. The quantitative estimate of drug-likeness (QED) is 0.320. The fraction of sp³-hybridized carbons (Fsp3) is 0.793. The van der Waals surface area contributed by atoms with Crippen molar-refractivity contribution in [1.82, 2.24) is 0 Å². The van der Waals surface area contributed by atoms with Crippen molar-refractivity contribution in [2.75, 3.05) is 0 Å². The molecule has 0 aliphatic heterocycles. The average Bonchev–Trinajstić information content (AvgIpc) is 3.07. The highest BCUT2D eigenvalue weighted by molar-refractivity contribution is 5.68. The molecule has 0 spiro atoms. The zero-order valence-corrected chi connectivity index (χ0v) is 23.6. The monoisotopic (exact) mass is 534 g/mol. The largest absolute Gasteiger partial charge is 0.463 e. The Morgan fingerprint density at radius 1 is 0.921 bits per heavy atom. The molecule has 4 aliphatic carbocycles. The third-order valence-corrected chi connectivity index (χ3v) is 10.2. The van der Waals surface area contributed by atoms with Gasteiger partial charge in [0.05, 0.1) is 5.60 Å². The number of carbonyl (C=O) groups excluding carboxylic acids is 4. The molecule has 0 aromatic heterocycles. The van der Waals surface area contributed by atoms with Crippen LogP contribution >= 0.6 is 0 Å². The maximum absolute atomic E-state index is 12.7. The van der Waals surface area contributed by atoms with Crippen molar-refractivity contribution >= 4 is 23.9 Å². The Morgan fingerprint density at radius 3 is 2.13 bits per heavy atom. The molecule has 9 nitrogen and oxygen atoms in total.